The van der Waals surface area contributed by atoms with Crippen LogP contribution in [0.4, 0.5) is 0 Å². The molecule has 7 nitrogen and oxygen atoms in total. The first kappa shape index (κ1) is 26.2. The molecule has 1 aromatic carbocycles. The average Bonchev–Trinajstić information content (AvgIpc) is 3.03. The minimum Gasteiger partial charge on any atom is -0.497 e. The number of ether oxygens (including phenoxy) is 1. The normalized spacial score (nSPS) is 10.9. The maximum absolute atomic E-state index is 11.9. The molecule has 1 amide bonds. The van der Waals surface area contributed by atoms with Crippen molar-refractivity contribution in [1.82, 2.24) is 20.5 Å². The SMILES string of the molecule is COc1ccc(CCNC(=NCC(=O)N(C)C)NCCc2nc(C)c(C)s2)cc1.I. The lowest BCUT2D eigenvalue weighted by Crippen LogP contribution is -2.40. The third kappa shape index (κ3) is 8.86. The van der Waals surface area contributed by atoms with E-state index in [1.165, 1.54) is 10.4 Å². The molecule has 2 aromatic rings. The van der Waals surface area contributed by atoms with Crippen LogP contribution >= 0.6 is 35.3 Å². The van der Waals surface area contributed by atoms with E-state index in [0.29, 0.717) is 19.0 Å². The van der Waals surface area contributed by atoms with Gasteiger partial charge in [-0.3, -0.25) is 4.79 Å². The van der Waals surface area contributed by atoms with Crippen LogP contribution in [0.1, 0.15) is 21.1 Å². The van der Waals surface area contributed by atoms with Crippen molar-refractivity contribution in [3.63, 3.8) is 0 Å². The first-order valence-electron chi connectivity index (χ1n) is 9.67. The number of guanidine groups is 1. The van der Waals surface area contributed by atoms with Crippen molar-refractivity contribution in [3.8, 4) is 5.75 Å². The summed E-state index contributed by atoms with van der Waals surface area (Å²) in [6.07, 6.45) is 1.66. The number of aromatic nitrogens is 1. The third-order valence-electron chi connectivity index (χ3n) is 4.44. The fourth-order valence-electron chi connectivity index (χ4n) is 2.51. The molecule has 2 N–H and O–H groups in total. The molecule has 0 saturated carbocycles. The van der Waals surface area contributed by atoms with Crippen LogP contribution in [0.3, 0.4) is 0 Å². The third-order valence-corrected chi connectivity index (χ3v) is 5.57. The summed E-state index contributed by atoms with van der Waals surface area (Å²) >= 11 is 1.72. The van der Waals surface area contributed by atoms with Gasteiger partial charge < -0.3 is 20.3 Å². The molecule has 1 heterocycles. The molecule has 1 aromatic heterocycles. The number of thiazole rings is 1. The maximum Gasteiger partial charge on any atom is 0.243 e. The van der Waals surface area contributed by atoms with Crippen LogP contribution in [0.15, 0.2) is 29.3 Å². The zero-order valence-corrected chi connectivity index (χ0v) is 21.5. The Bertz CT molecular complexity index is 802. The van der Waals surface area contributed by atoms with Gasteiger partial charge in [0.25, 0.3) is 0 Å². The van der Waals surface area contributed by atoms with Crippen LogP contribution < -0.4 is 15.4 Å². The van der Waals surface area contributed by atoms with Crippen molar-refractivity contribution in [2.45, 2.75) is 26.7 Å². The van der Waals surface area contributed by atoms with E-state index in [0.717, 1.165) is 29.3 Å². The van der Waals surface area contributed by atoms with Gasteiger partial charge in [0.1, 0.15) is 12.3 Å². The molecular weight excluding hydrogens is 513 g/mol. The molecule has 9 heteroatoms. The second-order valence-electron chi connectivity index (χ2n) is 6.90. The summed E-state index contributed by atoms with van der Waals surface area (Å²) in [5, 5.41) is 7.73. The largest absolute Gasteiger partial charge is 0.497 e. The van der Waals surface area contributed by atoms with Crippen LogP contribution in [0.5, 0.6) is 5.75 Å². The zero-order chi connectivity index (χ0) is 21.2. The van der Waals surface area contributed by atoms with Crippen molar-refractivity contribution in [3.05, 3.63) is 45.4 Å². The Morgan fingerprint density at radius 3 is 2.30 bits per heavy atom. The van der Waals surface area contributed by atoms with Gasteiger partial charge in [-0.1, -0.05) is 12.1 Å². The van der Waals surface area contributed by atoms with Crippen molar-refractivity contribution < 1.29 is 9.53 Å². The Hall–Kier alpha value is -1.88. The predicted molar refractivity (Wildman–Crippen MR) is 134 cm³/mol. The van der Waals surface area contributed by atoms with E-state index in [1.807, 2.05) is 31.2 Å². The van der Waals surface area contributed by atoms with Crippen LogP contribution in [-0.4, -0.2) is 62.6 Å². The Balaban J connectivity index is 0.00000450. The molecule has 0 unspecified atom stereocenters. The highest BCUT2D eigenvalue weighted by atomic mass is 127. The first-order chi connectivity index (χ1) is 13.9. The first-order valence-corrected chi connectivity index (χ1v) is 10.5. The molecule has 0 bridgehead atoms. The van der Waals surface area contributed by atoms with Crippen LogP contribution in [0.2, 0.25) is 0 Å². The number of aliphatic imine (C=N–C) groups is 1. The minimum absolute atomic E-state index is 0. The highest BCUT2D eigenvalue weighted by Gasteiger charge is 2.07. The molecular formula is C21H32IN5O2S. The van der Waals surface area contributed by atoms with Gasteiger partial charge in [-0.25, -0.2) is 9.98 Å². The van der Waals surface area contributed by atoms with Crippen molar-refractivity contribution >= 4 is 47.2 Å². The Morgan fingerprint density at radius 1 is 1.13 bits per heavy atom. The molecule has 30 heavy (non-hydrogen) atoms. The molecule has 0 fully saturated rings. The predicted octanol–water partition coefficient (Wildman–Crippen LogP) is 2.80. The standard InChI is InChI=1S/C21H31N5O2S.HI/c1-15-16(2)29-19(25-15)11-13-23-21(24-14-20(27)26(3)4)22-12-10-17-6-8-18(28-5)9-7-17;/h6-9H,10-14H2,1-5H3,(H2,22,23,24);1H. The average molecular weight is 545 g/mol. The van der Waals surface area contributed by atoms with Crippen molar-refractivity contribution in [2.24, 2.45) is 4.99 Å². The van der Waals surface area contributed by atoms with E-state index in [4.69, 9.17) is 4.74 Å². The second-order valence-corrected chi connectivity index (χ2v) is 8.19. The fourth-order valence-corrected chi connectivity index (χ4v) is 3.45. The van der Waals surface area contributed by atoms with Gasteiger partial charge in [-0.15, -0.1) is 35.3 Å². The molecule has 0 aliphatic heterocycles. The molecule has 2 rings (SSSR count). The number of likely N-dealkylation sites (N-methyl/N-ethyl adjacent to an activating group) is 1. The monoisotopic (exact) mass is 545 g/mol. The lowest BCUT2D eigenvalue weighted by molar-refractivity contribution is -0.127. The quantitative estimate of drug-likeness (QED) is 0.288. The van der Waals surface area contributed by atoms with Gasteiger partial charge in [0.2, 0.25) is 5.91 Å². The Labute approximate surface area is 200 Å². The number of hydrogen-bond donors (Lipinski definition) is 2. The highest BCUT2D eigenvalue weighted by Crippen LogP contribution is 2.16. The molecule has 0 radical (unpaired) electrons. The molecule has 0 atom stereocenters. The number of benzene rings is 1. The number of rotatable bonds is 9. The van der Waals surface area contributed by atoms with E-state index >= 15 is 0 Å². The van der Waals surface area contributed by atoms with Crippen LogP contribution in [0.25, 0.3) is 0 Å². The number of hydrogen-bond acceptors (Lipinski definition) is 5. The number of amides is 1. The number of nitrogens with zero attached hydrogens (tertiary/aromatic N) is 3. The van der Waals surface area contributed by atoms with E-state index in [-0.39, 0.29) is 36.4 Å². The summed E-state index contributed by atoms with van der Waals surface area (Å²) in [5.74, 6) is 1.45. The number of carbonyl (C=O) groups is 1. The van der Waals surface area contributed by atoms with Gasteiger partial charge in [0.05, 0.1) is 17.8 Å². The van der Waals surface area contributed by atoms with E-state index < -0.39 is 0 Å². The number of halogens is 1. The molecule has 0 aliphatic rings. The Morgan fingerprint density at radius 2 is 1.77 bits per heavy atom. The lowest BCUT2D eigenvalue weighted by atomic mass is 10.1. The summed E-state index contributed by atoms with van der Waals surface area (Å²) in [6.45, 7) is 5.65. The molecule has 0 spiro atoms. The Kier molecular flexibility index (Phi) is 11.7. The number of carbonyl (C=O) groups excluding carboxylic acids is 1. The van der Waals surface area contributed by atoms with Crippen molar-refractivity contribution in [2.75, 3.05) is 40.8 Å². The maximum atomic E-state index is 11.9. The van der Waals surface area contributed by atoms with Crippen LogP contribution in [-0.2, 0) is 17.6 Å². The zero-order valence-electron chi connectivity index (χ0n) is 18.3. The molecule has 0 aliphatic carbocycles. The lowest BCUT2D eigenvalue weighted by Gasteiger charge is -2.13. The van der Waals surface area contributed by atoms with E-state index in [1.54, 1.807) is 37.4 Å². The number of aryl methyl sites for hydroxylation is 2. The minimum atomic E-state index is -0.0348. The fraction of sp³-hybridized carbons (Fsp3) is 0.476. The summed E-state index contributed by atoms with van der Waals surface area (Å²) in [6, 6.07) is 8.01. The molecule has 166 valence electrons. The summed E-state index contributed by atoms with van der Waals surface area (Å²) in [4.78, 5) is 23.7. The summed E-state index contributed by atoms with van der Waals surface area (Å²) < 4.78 is 5.19. The summed E-state index contributed by atoms with van der Waals surface area (Å²) in [7, 11) is 5.12. The second kappa shape index (κ2) is 13.4. The van der Waals surface area contributed by atoms with Crippen molar-refractivity contribution in [1.29, 1.82) is 0 Å². The van der Waals surface area contributed by atoms with Gasteiger partial charge in [-0.05, 0) is 38.0 Å². The van der Waals surface area contributed by atoms with Crippen LogP contribution in [0, 0.1) is 13.8 Å². The van der Waals surface area contributed by atoms with Gasteiger partial charge >= 0.3 is 0 Å². The van der Waals surface area contributed by atoms with Gasteiger partial charge in [0.15, 0.2) is 5.96 Å². The molecule has 0 saturated heterocycles. The van der Waals surface area contributed by atoms with Gasteiger partial charge in [0, 0.05) is 38.5 Å². The van der Waals surface area contributed by atoms with E-state index in [9.17, 15) is 4.79 Å². The van der Waals surface area contributed by atoms with Gasteiger partial charge in [-0.2, -0.15) is 0 Å². The number of methoxy groups -OCH3 is 1. The highest BCUT2D eigenvalue weighted by molar-refractivity contribution is 14.0. The topological polar surface area (TPSA) is 78.8 Å². The smallest absolute Gasteiger partial charge is 0.243 e. The van der Waals surface area contributed by atoms with E-state index in [2.05, 4.69) is 27.5 Å². The number of nitrogens with one attached hydrogen (secondary N) is 2. The summed E-state index contributed by atoms with van der Waals surface area (Å²) in [5.41, 5.74) is 2.30.